The summed E-state index contributed by atoms with van der Waals surface area (Å²) in [5.74, 6) is 1.07. The van der Waals surface area contributed by atoms with E-state index in [2.05, 4.69) is 25.8 Å². The number of pyridine rings is 1. The Morgan fingerprint density at radius 2 is 2.07 bits per heavy atom. The molecule has 5 nitrogen and oxygen atoms in total. The molecule has 0 aliphatic carbocycles. The number of ether oxygens (including phenoxy) is 1. The lowest BCUT2D eigenvalue weighted by Crippen LogP contribution is -2.28. The summed E-state index contributed by atoms with van der Waals surface area (Å²) in [5.41, 5.74) is 8.85. The molecule has 28 heavy (non-hydrogen) atoms. The smallest absolute Gasteiger partial charge is 0.258 e. The van der Waals surface area contributed by atoms with Gasteiger partial charge in [-0.2, -0.15) is 0 Å². The van der Waals surface area contributed by atoms with Gasteiger partial charge in [-0.3, -0.25) is 4.79 Å². The van der Waals surface area contributed by atoms with E-state index < -0.39 is 0 Å². The molecule has 2 heterocycles. The van der Waals surface area contributed by atoms with Gasteiger partial charge in [-0.05, 0) is 31.4 Å². The summed E-state index contributed by atoms with van der Waals surface area (Å²) in [6.45, 7) is 9.81. The normalized spacial score (nSPS) is 11.5. The zero-order valence-electron chi connectivity index (χ0n) is 17.1. The number of aryl methyl sites for hydroxylation is 1. The van der Waals surface area contributed by atoms with Crippen LogP contribution < -0.4 is 16.0 Å². The Balaban J connectivity index is 2.25. The van der Waals surface area contributed by atoms with Crippen LogP contribution in [-0.2, 0) is 13.1 Å². The molecule has 0 spiro atoms. The van der Waals surface area contributed by atoms with E-state index in [4.69, 9.17) is 10.5 Å². The van der Waals surface area contributed by atoms with Gasteiger partial charge in [-0.25, -0.2) is 4.98 Å². The van der Waals surface area contributed by atoms with Gasteiger partial charge in [0.25, 0.3) is 5.56 Å². The number of benzene rings is 1. The van der Waals surface area contributed by atoms with Crippen LogP contribution in [0.2, 0.25) is 0 Å². The molecule has 0 atom stereocenters. The highest BCUT2D eigenvalue weighted by Crippen LogP contribution is 2.33. The fourth-order valence-electron chi connectivity index (χ4n) is 3.32. The number of aromatic nitrogens is 2. The first-order chi connectivity index (χ1) is 13.5. The molecule has 0 fully saturated rings. The largest absolute Gasteiger partial charge is 0.491 e. The van der Waals surface area contributed by atoms with Crippen LogP contribution in [0.1, 0.15) is 45.0 Å². The highest BCUT2D eigenvalue weighted by Gasteiger charge is 2.19. The monoisotopic (exact) mass is 399 g/mol. The van der Waals surface area contributed by atoms with Crippen molar-refractivity contribution in [3.8, 4) is 16.3 Å². The van der Waals surface area contributed by atoms with Crippen LogP contribution in [0.3, 0.4) is 0 Å². The van der Waals surface area contributed by atoms with Crippen LogP contribution in [0, 0.1) is 12.8 Å². The third-order valence-corrected chi connectivity index (χ3v) is 5.69. The minimum absolute atomic E-state index is 0.00568. The zero-order chi connectivity index (χ0) is 20.3. The van der Waals surface area contributed by atoms with Gasteiger partial charge in [0.15, 0.2) is 0 Å². The molecule has 0 aliphatic rings. The fourth-order valence-corrected chi connectivity index (χ4v) is 4.12. The van der Waals surface area contributed by atoms with Crippen LogP contribution in [0.4, 0.5) is 0 Å². The molecule has 0 aliphatic heterocycles. The molecular weight excluding hydrogens is 370 g/mol. The maximum absolute atomic E-state index is 13.2. The quantitative estimate of drug-likeness (QED) is 0.556. The Morgan fingerprint density at radius 3 is 2.68 bits per heavy atom. The minimum atomic E-state index is -0.00568. The van der Waals surface area contributed by atoms with Crippen LogP contribution >= 0.6 is 11.3 Å². The average Bonchev–Trinajstić information content (AvgIpc) is 3.11. The third kappa shape index (κ3) is 4.13. The highest BCUT2D eigenvalue weighted by molar-refractivity contribution is 7.13. The number of rotatable bonds is 8. The van der Waals surface area contributed by atoms with E-state index in [9.17, 15) is 4.79 Å². The Kier molecular flexibility index (Phi) is 6.52. The van der Waals surface area contributed by atoms with Crippen molar-refractivity contribution >= 4 is 22.1 Å². The molecule has 0 amide bonds. The molecule has 6 heteroatoms. The summed E-state index contributed by atoms with van der Waals surface area (Å²) in [4.78, 5) is 17.8. The van der Waals surface area contributed by atoms with Gasteiger partial charge in [0.2, 0.25) is 0 Å². The number of hydrogen-bond acceptors (Lipinski definition) is 5. The summed E-state index contributed by atoms with van der Waals surface area (Å²) in [6, 6.07) is 5.89. The topological polar surface area (TPSA) is 70.1 Å². The van der Waals surface area contributed by atoms with Crippen molar-refractivity contribution < 1.29 is 4.74 Å². The summed E-state index contributed by atoms with van der Waals surface area (Å²) in [6.07, 6.45) is 2.01. The summed E-state index contributed by atoms with van der Waals surface area (Å²) in [5, 5.41) is 4.47. The molecule has 0 bridgehead atoms. The SMILES string of the molecule is CCCCOc1c(CN)n(CC(C)C)c(=O)c2ccc(-c3nc(C)cs3)cc12. The van der Waals surface area contributed by atoms with Crippen LogP contribution in [0.5, 0.6) is 5.75 Å². The lowest BCUT2D eigenvalue weighted by Gasteiger charge is -2.20. The van der Waals surface area contributed by atoms with Gasteiger partial charge in [-0.15, -0.1) is 11.3 Å². The summed E-state index contributed by atoms with van der Waals surface area (Å²) in [7, 11) is 0. The molecule has 150 valence electrons. The van der Waals surface area contributed by atoms with Gasteiger partial charge >= 0.3 is 0 Å². The van der Waals surface area contributed by atoms with E-state index in [0.29, 0.717) is 24.5 Å². The maximum atomic E-state index is 13.2. The van der Waals surface area contributed by atoms with E-state index in [1.54, 1.807) is 15.9 Å². The van der Waals surface area contributed by atoms with Crippen molar-refractivity contribution in [3.63, 3.8) is 0 Å². The molecule has 3 aromatic rings. The molecule has 2 N–H and O–H groups in total. The lowest BCUT2D eigenvalue weighted by atomic mass is 10.1. The Hall–Kier alpha value is -2.18. The molecular formula is C22H29N3O2S. The predicted octanol–water partition coefficient (Wildman–Crippen LogP) is 4.73. The zero-order valence-corrected chi connectivity index (χ0v) is 17.9. The number of thiazole rings is 1. The first-order valence-electron chi connectivity index (χ1n) is 9.91. The second-order valence-corrected chi connectivity index (χ2v) is 8.40. The third-order valence-electron chi connectivity index (χ3n) is 4.68. The number of nitrogens with zero attached hydrogens (tertiary/aromatic N) is 2. The average molecular weight is 400 g/mol. The summed E-state index contributed by atoms with van der Waals surface area (Å²) < 4.78 is 7.99. The fraction of sp³-hybridized carbons (Fsp3) is 0.455. The number of fused-ring (bicyclic) bond motifs is 1. The van der Waals surface area contributed by atoms with Gasteiger partial charge in [0, 0.05) is 35.1 Å². The Labute approximate surface area is 170 Å². The molecule has 2 aromatic heterocycles. The molecule has 0 saturated heterocycles. The van der Waals surface area contributed by atoms with E-state index in [1.165, 1.54) is 0 Å². The number of nitrogens with two attached hydrogens (primary N) is 1. The van der Waals surface area contributed by atoms with Crippen molar-refractivity contribution in [1.82, 2.24) is 9.55 Å². The van der Waals surface area contributed by atoms with E-state index in [-0.39, 0.29) is 12.1 Å². The van der Waals surface area contributed by atoms with E-state index >= 15 is 0 Å². The van der Waals surface area contributed by atoms with Gasteiger partial charge in [0.05, 0.1) is 17.7 Å². The first kappa shape index (κ1) is 20.6. The predicted molar refractivity (Wildman–Crippen MR) is 117 cm³/mol. The van der Waals surface area contributed by atoms with E-state index in [0.717, 1.165) is 45.9 Å². The number of unbranched alkanes of at least 4 members (excludes halogenated alkanes) is 1. The molecule has 0 saturated carbocycles. The minimum Gasteiger partial charge on any atom is -0.491 e. The highest BCUT2D eigenvalue weighted by atomic mass is 32.1. The first-order valence-corrected chi connectivity index (χ1v) is 10.8. The van der Waals surface area contributed by atoms with Crippen molar-refractivity contribution in [1.29, 1.82) is 0 Å². The second-order valence-electron chi connectivity index (χ2n) is 7.55. The maximum Gasteiger partial charge on any atom is 0.258 e. The van der Waals surface area contributed by atoms with Crippen molar-refractivity contribution in [2.24, 2.45) is 11.7 Å². The molecule has 1 aromatic carbocycles. The van der Waals surface area contributed by atoms with Gasteiger partial charge in [0.1, 0.15) is 10.8 Å². The lowest BCUT2D eigenvalue weighted by molar-refractivity contribution is 0.304. The Bertz CT molecular complexity index is 1020. The molecule has 0 unspecified atom stereocenters. The van der Waals surface area contributed by atoms with Gasteiger partial charge in [-0.1, -0.05) is 33.3 Å². The van der Waals surface area contributed by atoms with Crippen LogP contribution in [0.25, 0.3) is 21.3 Å². The van der Waals surface area contributed by atoms with Crippen LogP contribution in [0.15, 0.2) is 28.4 Å². The molecule has 3 rings (SSSR count). The molecule has 0 radical (unpaired) electrons. The van der Waals surface area contributed by atoms with E-state index in [1.807, 2.05) is 30.5 Å². The van der Waals surface area contributed by atoms with Crippen molar-refractivity contribution in [2.75, 3.05) is 6.61 Å². The summed E-state index contributed by atoms with van der Waals surface area (Å²) >= 11 is 1.60. The standard InChI is InChI=1S/C22H29N3O2S/c1-5-6-9-27-20-18-10-16(21-24-15(4)13-28-21)7-8-17(18)22(26)25(12-14(2)3)19(20)11-23/h7-8,10,13-14H,5-6,9,11-12,23H2,1-4H3. The number of hydrogen-bond donors (Lipinski definition) is 1. The van der Waals surface area contributed by atoms with Crippen LogP contribution in [-0.4, -0.2) is 16.2 Å². The second kappa shape index (κ2) is 8.88. The van der Waals surface area contributed by atoms with Crippen molar-refractivity contribution in [2.45, 2.75) is 53.6 Å². The Morgan fingerprint density at radius 1 is 1.29 bits per heavy atom. The van der Waals surface area contributed by atoms with Gasteiger partial charge < -0.3 is 15.0 Å². The van der Waals surface area contributed by atoms with Crippen molar-refractivity contribution in [3.05, 3.63) is 45.3 Å².